The molecule has 0 aromatic carbocycles. The molecule has 2 heterocycles. The SMILES string of the molecule is CNc1nc(OC2CCC(C)C(C)C2)c2cn[nH]c2n1. The second-order valence-corrected chi connectivity index (χ2v) is 5.74. The lowest BCUT2D eigenvalue weighted by molar-refractivity contribution is 0.0980. The highest BCUT2D eigenvalue weighted by atomic mass is 16.5. The predicted octanol–water partition coefficient (Wildman–Crippen LogP) is 2.60. The molecule has 1 saturated carbocycles. The Morgan fingerprint density at radius 1 is 1.25 bits per heavy atom. The quantitative estimate of drug-likeness (QED) is 0.900. The molecule has 108 valence electrons. The van der Waals surface area contributed by atoms with E-state index in [1.165, 1.54) is 6.42 Å². The van der Waals surface area contributed by atoms with Crippen LogP contribution in [-0.2, 0) is 0 Å². The van der Waals surface area contributed by atoms with Crippen LogP contribution in [0.4, 0.5) is 5.95 Å². The molecule has 1 fully saturated rings. The Kier molecular flexibility index (Phi) is 3.46. The number of ether oxygens (including phenoxy) is 1. The number of nitrogens with one attached hydrogen (secondary N) is 2. The first-order chi connectivity index (χ1) is 9.67. The number of H-pyrrole nitrogens is 1. The fraction of sp³-hybridized carbons (Fsp3) is 0.643. The summed E-state index contributed by atoms with van der Waals surface area (Å²) in [7, 11) is 1.80. The molecule has 6 nitrogen and oxygen atoms in total. The molecule has 0 bridgehead atoms. The van der Waals surface area contributed by atoms with Crippen LogP contribution in [0.1, 0.15) is 33.1 Å². The molecular weight excluding hydrogens is 254 g/mol. The van der Waals surface area contributed by atoms with Gasteiger partial charge in [-0.15, -0.1) is 0 Å². The minimum Gasteiger partial charge on any atom is -0.474 e. The van der Waals surface area contributed by atoms with Crippen LogP contribution >= 0.6 is 0 Å². The summed E-state index contributed by atoms with van der Waals surface area (Å²) < 4.78 is 6.14. The first-order valence-electron chi connectivity index (χ1n) is 7.23. The van der Waals surface area contributed by atoms with Crippen molar-refractivity contribution in [2.24, 2.45) is 11.8 Å². The van der Waals surface area contributed by atoms with Crippen molar-refractivity contribution in [3.8, 4) is 5.88 Å². The Morgan fingerprint density at radius 3 is 2.85 bits per heavy atom. The Bertz CT molecular complexity index is 596. The zero-order chi connectivity index (χ0) is 14.1. The van der Waals surface area contributed by atoms with Crippen LogP contribution in [-0.4, -0.2) is 33.3 Å². The van der Waals surface area contributed by atoms with E-state index in [9.17, 15) is 0 Å². The zero-order valence-corrected chi connectivity index (χ0v) is 12.2. The normalized spacial score (nSPS) is 26.6. The Morgan fingerprint density at radius 2 is 2.10 bits per heavy atom. The van der Waals surface area contributed by atoms with Gasteiger partial charge in [-0.25, -0.2) is 0 Å². The molecule has 2 aromatic rings. The van der Waals surface area contributed by atoms with Crippen molar-refractivity contribution < 1.29 is 4.74 Å². The minimum atomic E-state index is 0.235. The number of rotatable bonds is 3. The van der Waals surface area contributed by atoms with E-state index >= 15 is 0 Å². The lowest BCUT2D eigenvalue weighted by atomic mass is 9.80. The van der Waals surface area contributed by atoms with Gasteiger partial charge in [0.05, 0.1) is 6.20 Å². The summed E-state index contributed by atoms with van der Waals surface area (Å²) >= 11 is 0. The molecule has 0 radical (unpaired) electrons. The summed E-state index contributed by atoms with van der Waals surface area (Å²) in [6.07, 6.45) is 5.34. The number of hydrogen-bond donors (Lipinski definition) is 2. The van der Waals surface area contributed by atoms with E-state index in [-0.39, 0.29) is 6.10 Å². The van der Waals surface area contributed by atoms with Crippen LogP contribution in [0.5, 0.6) is 5.88 Å². The second-order valence-electron chi connectivity index (χ2n) is 5.74. The lowest BCUT2D eigenvalue weighted by Gasteiger charge is -2.32. The van der Waals surface area contributed by atoms with Crippen molar-refractivity contribution in [2.45, 2.75) is 39.2 Å². The number of aromatic nitrogens is 4. The summed E-state index contributed by atoms with van der Waals surface area (Å²) in [5, 5.41) is 10.7. The molecule has 0 amide bonds. The molecule has 0 spiro atoms. The molecule has 1 aliphatic carbocycles. The monoisotopic (exact) mass is 275 g/mol. The Balaban J connectivity index is 1.85. The van der Waals surface area contributed by atoms with E-state index in [2.05, 4.69) is 39.3 Å². The maximum absolute atomic E-state index is 6.14. The van der Waals surface area contributed by atoms with Gasteiger partial charge in [0.1, 0.15) is 11.5 Å². The van der Waals surface area contributed by atoms with Crippen molar-refractivity contribution in [1.82, 2.24) is 20.2 Å². The van der Waals surface area contributed by atoms with E-state index in [1.807, 2.05) is 0 Å². The number of anilines is 1. The number of aromatic amines is 1. The molecule has 6 heteroatoms. The fourth-order valence-electron chi connectivity index (χ4n) is 2.77. The van der Waals surface area contributed by atoms with Gasteiger partial charge in [-0.2, -0.15) is 15.1 Å². The minimum absolute atomic E-state index is 0.235. The van der Waals surface area contributed by atoms with Crippen molar-refractivity contribution in [1.29, 1.82) is 0 Å². The van der Waals surface area contributed by atoms with Gasteiger partial charge in [-0.3, -0.25) is 5.10 Å². The van der Waals surface area contributed by atoms with Crippen molar-refractivity contribution in [3.05, 3.63) is 6.20 Å². The van der Waals surface area contributed by atoms with E-state index in [0.717, 1.165) is 24.1 Å². The van der Waals surface area contributed by atoms with E-state index in [1.54, 1.807) is 13.2 Å². The molecule has 3 atom stereocenters. The van der Waals surface area contributed by atoms with Gasteiger partial charge in [0.2, 0.25) is 11.8 Å². The van der Waals surface area contributed by atoms with Crippen LogP contribution in [0.3, 0.4) is 0 Å². The van der Waals surface area contributed by atoms with E-state index < -0.39 is 0 Å². The van der Waals surface area contributed by atoms with Gasteiger partial charge in [0, 0.05) is 7.05 Å². The topological polar surface area (TPSA) is 75.7 Å². The summed E-state index contributed by atoms with van der Waals surface area (Å²) in [5.74, 6) is 2.65. The zero-order valence-electron chi connectivity index (χ0n) is 12.2. The van der Waals surface area contributed by atoms with Gasteiger partial charge in [-0.05, 0) is 31.1 Å². The second kappa shape index (κ2) is 5.26. The molecule has 2 N–H and O–H groups in total. The molecule has 1 aliphatic rings. The van der Waals surface area contributed by atoms with Crippen molar-refractivity contribution in [3.63, 3.8) is 0 Å². The highest BCUT2D eigenvalue weighted by molar-refractivity contribution is 5.80. The standard InChI is InChI=1S/C14H21N5O/c1-8-4-5-10(6-9(8)2)20-13-11-7-16-19-12(11)17-14(15-3)18-13/h7-10H,4-6H2,1-3H3,(H2,15,16,17,18,19). The molecule has 3 unspecified atom stereocenters. The van der Waals surface area contributed by atoms with Gasteiger partial charge in [0.25, 0.3) is 0 Å². The fourth-order valence-corrected chi connectivity index (χ4v) is 2.77. The van der Waals surface area contributed by atoms with Crippen molar-refractivity contribution in [2.75, 3.05) is 12.4 Å². The Labute approximate surface area is 118 Å². The van der Waals surface area contributed by atoms with Crippen LogP contribution < -0.4 is 10.1 Å². The maximum Gasteiger partial charge on any atom is 0.229 e. The molecule has 3 rings (SSSR count). The molecule has 0 aliphatic heterocycles. The lowest BCUT2D eigenvalue weighted by Crippen LogP contribution is -2.29. The van der Waals surface area contributed by atoms with Crippen LogP contribution in [0.25, 0.3) is 11.0 Å². The first-order valence-corrected chi connectivity index (χ1v) is 7.23. The third kappa shape index (κ3) is 2.42. The Hall–Kier alpha value is -1.85. The number of nitrogens with zero attached hydrogens (tertiary/aromatic N) is 3. The van der Waals surface area contributed by atoms with Crippen LogP contribution in [0.15, 0.2) is 6.20 Å². The molecule has 2 aromatic heterocycles. The van der Waals surface area contributed by atoms with Gasteiger partial charge in [-0.1, -0.05) is 13.8 Å². The average Bonchev–Trinajstić information content (AvgIpc) is 2.91. The van der Waals surface area contributed by atoms with Crippen molar-refractivity contribution >= 4 is 17.0 Å². The predicted molar refractivity (Wildman–Crippen MR) is 77.8 cm³/mol. The third-order valence-corrected chi connectivity index (χ3v) is 4.33. The average molecular weight is 275 g/mol. The molecular formula is C14H21N5O. The molecule has 0 saturated heterocycles. The van der Waals surface area contributed by atoms with Gasteiger partial charge in [0.15, 0.2) is 5.65 Å². The summed E-state index contributed by atoms with van der Waals surface area (Å²) in [4.78, 5) is 8.74. The van der Waals surface area contributed by atoms with E-state index in [0.29, 0.717) is 23.4 Å². The highest BCUT2D eigenvalue weighted by Crippen LogP contribution is 2.33. The number of fused-ring (bicyclic) bond motifs is 1. The van der Waals surface area contributed by atoms with Gasteiger partial charge < -0.3 is 10.1 Å². The smallest absolute Gasteiger partial charge is 0.229 e. The van der Waals surface area contributed by atoms with Crippen LogP contribution in [0, 0.1) is 11.8 Å². The van der Waals surface area contributed by atoms with E-state index in [4.69, 9.17) is 4.74 Å². The molecule has 20 heavy (non-hydrogen) atoms. The maximum atomic E-state index is 6.14. The largest absolute Gasteiger partial charge is 0.474 e. The van der Waals surface area contributed by atoms with Gasteiger partial charge >= 0.3 is 0 Å². The van der Waals surface area contributed by atoms with Crippen LogP contribution in [0.2, 0.25) is 0 Å². The third-order valence-electron chi connectivity index (χ3n) is 4.33. The first kappa shape index (κ1) is 13.1. The summed E-state index contributed by atoms with van der Waals surface area (Å²) in [6, 6.07) is 0. The summed E-state index contributed by atoms with van der Waals surface area (Å²) in [6.45, 7) is 4.62. The highest BCUT2D eigenvalue weighted by Gasteiger charge is 2.26. The number of hydrogen-bond acceptors (Lipinski definition) is 5. The summed E-state index contributed by atoms with van der Waals surface area (Å²) in [5.41, 5.74) is 0.705.